The molecule has 5 N–H and O–H groups in total. The van der Waals surface area contributed by atoms with Gasteiger partial charge in [0.25, 0.3) is 0 Å². The van der Waals surface area contributed by atoms with Crippen molar-refractivity contribution in [2.45, 2.75) is 0 Å². The van der Waals surface area contributed by atoms with E-state index in [-0.39, 0.29) is 5.95 Å². The number of halogens is 1. The van der Waals surface area contributed by atoms with Gasteiger partial charge in [0, 0.05) is 34.5 Å². The van der Waals surface area contributed by atoms with Crippen LogP contribution in [0, 0.1) is 3.57 Å². The number of rotatable bonds is 1. The highest BCUT2D eigenvalue weighted by Gasteiger charge is 2.11. The Hall–Kier alpha value is -1.83. The van der Waals surface area contributed by atoms with Gasteiger partial charge in [-0.05, 0) is 34.7 Å². The summed E-state index contributed by atoms with van der Waals surface area (Å²) >= 11 is 2.20. The van der Waals surface area contributed by atoms with Crippen molar-refractivity contribution in [3.63, 3.8) is 0 Å². The molecule has 0 aliphatic heterocycles. The minimum Gasteiger partial charge on any atom is -0.399 e. The Kier molecular flexibility index (Phi) is 2.58. The monoisotopic (exact) mass is 351 g/mol. The second-order valence-corrected chi connectivity index (χ2v) is 5.09. The number of H-pyrrole nitrogens is 1. The Bertz CT molecular complexity index is 734. The number of hydrogen-bond acceptors (Lipinski definition) is 4. The van der Waals surface area contributed by atoms with Crippen molar-refractivity contribution < 1.29 is 0 Å². The molecule has 0 amide bonds. The summed E-state index contributed by atoms with van der Waals surface area (Å²) in [6.07, 6.45) is 3.63. The molecule has 0 atom stereocenters. The van der Waals surface area contributed by atoms with Gasteiger partial charge in [0.05, 0.1) is 9.26 Å². The van der Waals surface area contributed by atoms with Gasteiger partial charge in [-0.1, -0.05) is 6.07 Å². The summed E-state index contributed by atoms with van der Waals surface area (Å²) in [5.41, 5.74) is 15.0. The van der Waals surface area contributed by atoms with E-state index in [1.54, 1.807) is 6.20 Å². The smallest absolute Gasteiger partial charge is 0.220 e. The maximum atomic E-state index is 5.76. The lowest BCUT2D eigenvalue weighted by Crippen LogP contribution is -1.97. The molecule has 0 radical (unpaired) electrons. The lowest BCUT2D eigenvalue weighted by molar-refractivity contribution is 1.17. The molecule has 0 spiro atoms. The summed E-state index contributed by atoms with van der Waals surface area (Å²) in [6.45, 7) is 0. The first kappa shape index (κ1) is 11.3. The summed E-state index contributed by atoms with van der Waals surface area (Å²) < 4.78 is 0.958. The van der Waals surface area contributed by atoms with Crippen molar-refractivity contribution >= 4 is 45.1 Å². The van der Waals surface area contributed by atoms with E-state index in [2.05, 4.69) is 37.5 Å². The van der Waals surface area contributed by atoms with Crippen LogP contribution in [0.3, 0.4) is 0 Å². The third-order valence-electron chi connectivity index (χ3n) is 2.72. The number of fused-ring (bicyclic) bond motifs is 1. The van der Waals surface area contributed by atoms with E-state index in [0.717, 1.165) is 31.4 Å². The largest absolute Gasteiger partial charge is 0.399 e. The second kappa shape index (κ2) is 4.13. The van der Waals surface area contributed by atoms with E-state index in [4.69, 9.17) is 11.5 Å². The number of benzene rings is 1. The van der Waals surface area contributed by atoms with Gasteiger partial charge in [-0.15, -0.1) is 0 Å². The standard InChI is InChI=1S/C12H10IN5/c13-9-5-17-12(15)18-11(9)8-4-16-10-3-6(14)1-2-7(8)10/h1-5,16H,14H2,(H2,15,17,18). The molecular formula is C12H10IN5. The van der Waals surface area contributed by atoms with Crippen molar-refractivity contribution in [1.29, 1.82) is 0 Å². The van der Waals surface area contributed by atoms with Crippen LogP contribution in [0.15, 0.2) is 30.6 Å². The summed E-state index contributed by atoms with van der Waals surface area (Å²) in [4.78, 5) is 11.5. The minimum atomic E-state index is 0.273. The maximum absolute atomic E-state index is 5.76. The highest BCUT2D eigenvalue weighted by Crippen LogP contribution is 2.31. The average molecular weight is 351 g/mol. The molecule has 2 heterocycles. The summed E-state index contributed by atoms with van der Waals surface area (Å²) in [5.74, 6) is 0.273. The van der Waals surface area contributed by atoms with E-state index in [1.165, 1.54) is 0 Å². The molecule has 5 nitrogen and oxygen atoms in total. The fourth-order valence-electron chi connectivity index (χ4n) is 1.91. The molecule has 18 heavy (non-hydrogen) atoms. The quantitative estimate of drug-likeness (QED) is 0.464. The number of anilines is 2. The normalized spacial score (nSPS) is 10.9. The molecule has 1 aromatic carbocycles. The molecule has 0 saturated carbocycles. The molecule has 0 unspecified atom stereocenters. The number of aromatic amines is 1. The third-order valence-corrected chi connectivity index (χ3v) is 3.51. The van der Waals surface area contributed by atoms with Crippen molar-refractivity contribution in [3.8, 4) is 11.3 Å². The molecule has 2 aromatic heterocycles. The third kappa shape index (κ3) is 1.78. The lowest BCUT2D eigenvalue weighted by atomic mass is 10.1. The summed E-state index contributed by atoms with van der Waals surface area (Å²) in [5, 5.41) is 1.07. The molecule has 6 heteroatoms. The first-order valence-electron chi connectivity index (χ1n) is 5.30. The minimum absolute atomic E-state index is 0.273. The lowest BCUT2D eigenvalue weighted by Gasteiger charge is -2.03. The fraction of sp³-hybridized carbons (Fsp3) is 0. The first-order chi connectivity index (χ1) is 8.65. The number of nitrogens with two attached hydrogens (primary N) is 2. The predicted octanol–water partition coefficient (Wildman–Crippen LogP) is 2.39. The molecule has 90 valence electrons. The number of hydrogen-bond donors (Lipinski definition) is 3. The van der Waals surface area contributed by atoms with E-state index >= 15 is 0 Å². The first-order valence-corrected chi connectivity index (χ1v) is 6.38. The van der Waals surface area contributed by atoms with Crippen LogP contribution in [-0.4, -0.2) is 15.0 Å². The second-order valence-electron chi connectivity index (χ2n) is 3.93. The van der Waals surface area contributed by atoms with Crippen LogP contribution in [0.2, 0.25) is 0 Å². The van der Waals surface area contributed by atoms with Crippen LogP contribution in [0.25, 0.3) is 22.2 Å². The highest BCUT2D eigenvalue weighted by molar-refractivity contribution is 14.1. The Balaban J connectivity index is 2.28. The number of aromatic nitrogens is 3. The van der Waals surface area contributed by atoms with Gasteiger partial charge < -0.3 is 16.5 Å². The zero-order valence-electron chi connectivity index (χ0n) is 9.31. The molecule has 3 rings (SSSR count). The van der Waals surface area contributed by atoms with E-state index in [1.807, 2.05) is 24.4 Å². The molecule has 0 bridgehead atoms. The zero-order chi connectivity index (χ0) is 12.7. The molecule has 0 saturated heterocycles. The predicted molar refractivity (Wildman–Crippen MR) is 80.9 cm³/mol. The van der Waals surface area contributed by atoms with E-state index < -0.39 is 0 Å². The number of nitrogens with zero attached hydrogens (tertiary/aromatic N) is 2. The van der Waals surface area contributed by atoms with Crippen LogP contribution in [-0.2, 0) is 0 Å². The summed E-state index contributed by atoms with van der Waals surface area (Å²) in [6, 6.07) is 5.75. The van der Waals surface area contributed by atoms with Gasteiger partial charge in [0.1, 0.15) is 0 Å². The van der Waals surface area contributed by atoms with Crippen LogP contribution < -0.4 is 11.5 Å². The number of nitrogen functional groups attached to an aromatic ring is 2. The Morgan fingerprint density at radius 3 is 2.89 bits per heavy atom. The SMILES string of the molecule is Nc1ccc2c(-c3nc(N)ncc3I)c[nH]c2c1. The maximum Gasteiger partial charge on any atom is 0.220 e. The average Bonchev–Trinajstić information content (AvgIpc) is 2.75. The van der Waals surface area contributed by atoms with E-state index in [0.29, 0.717) is 0 Å². The van der Waals surface area contributed by atoms with Crippen molar-refractivity contribution in [1.82, 2.24) is 15.0 Å². The molecule has 0 aliphatic carbocycles. The zero-order valence-corrected chi connectivity index (χ0v) is 11.5. The molecule has 3 aromatic rings. The highest BCUT2D eigenvalue weighted by atomic mass is 127. The van der Waals surface area contributed by atoms with Crippen molar-refractivity contribution in [2.24, 2.45) is 0 Å². The van der Waals surface area contributed by atoms with E-state index in [9.17, 15) is 0 Å². The Morgan fingerprint density at radius 1 is 1.22 bits per heavy atom. The molecular weight excluding hydrogens is 341 g/mol. The van der Waals surface area contributed by atoms with Crippen molar-refractivity contribution in [2.75, 3.05) is 11.5 Å². The van der Waals surface area contributed by atoms with Gasteiger partial charge in [0.2, 0.25) is 5.95 Å². The Labute approximate surface area is 117 Å². The van der Waals surface area contributed by atoms with Gasteiger partial charge in [-0.2, -0.15) is 0 Å². The topological polar surface area (TPSA) is 93.6 Å². The summed E-state index contributed by atoms with van der Waals surface area (Å²) in [7, 11) is 0. The Morgan fingerprint density at radius 2 is 2.06 bits per heavy atom. The van der Waals surface area contributed by atoms with Crippen LogP contribution >= 0.6 is 22.6 Å². The van der Waals surface area contributed by atoms with Gasteiger partial charge >= 0.3 is 0 Å². The van der Waals surface area contributed by atoms with Gasteiger partial charge in [-0.3, -0.25) is 0 Å². The number of nitrogens with one attached hydrogen (secondary N) is 1. The van der Waals surface area contributed by atoms with Crippen LogP contribution in [0.1, 0.15) is 0 Å². The molecule has 0 fully saturated rings. The fourth-order valence-corrected chi connectivity index (χ4v) is 2.46. The molecule has 0 aliphatic rings. The van der Waals surface area contributed by atoms with Crippen LogP contribution in [0.4, 0.5) is 11.6 Å². The van der Waals surface area contributed by atoms with Crippen molar-refractivity contribution in [3.05, 3.63) is 34.2 Å². The van der Waals surface area contributed by atoms with Crippen LogP contribution in [0.5, 0.6) is 0 Å². The van der Waals surface area contributed by atoms with Gasteiger partial charge in [-0.25, -0.2) is 9.97 Å². The van der Waals surface area contributed by atoms with Gasteiger partial charge in [0.15, 0.2) is 0 Å².